The number of nitrogens with two attached hydrogens (primary N) is 1. The van der Waals surface area contributed by atoms with E-state index in [4.69, 9.17) is 5.73 Å². The average Bonchev–Trinajstić information content (AvgIpc) is 2.91. The Morgan fingerprint density at radius 2 is 2.05 bits per heavy atom. The van der Waals surface area contributed by atoms with Gasteiger partial charge in [0.15, 0.2) is 0 Å². The first-order valence-electron chi connectivity index (χ1n) is 5.96. The van der Waals surface area contributed by atoms with Gasteiger partial charge in [0.1, 0.15) is 11.7 Å². The monoisotopic (exact) mass is 335 g/mol. The Morgan fingerprint density at radius 3 is 2.60 bits per heavy atom. The van der Waals surface area contributed by atoms with Gasteiger partial charge in [-0.15, -0.1) is 0 Å². The molecule has 0 aliphatic carbocycles. The lowest BCUT2D eigenvalue weighted by atomic mass is 10.0. The highest BCUT2D eigenvalue weighted by Gasteiger charge is 2.27. The van der Waals surface area contributed by atoms with Crippen LogP contribution >= 0.6 is 15.9 Å². The van der Waals surface area contributed by atoms with Crippen LogP contribution < -0.4 is 5.73 Å². The lowest BCUT2D eigenvalue weighted by Gasteiger charge is -2.25. The van der Waals surface area contributed by atoms with Crippen LogP contribution in [0.25, 0.3) is 0 Å². The molecule has 2 rings (SSSR count). The Bertz CT molecular complexity index is 625. The zero-order chi connectivity index (χ0) is 14.7. The molecule has 0 fully saturated rings. The van der Waals surface area contributed by atoms with Crippen LogP contribution in [0.5, 0.6) is 0 Å². The van der Waals surface area contributed by atoms with E-state index in [9.17, 15) is 9.59 Å². The van der Waals surface area contributed by atoms with Gasteiger partial charge in [0.2, 0.25) is 5.91 Å². The number of halogens is 1. The van der Waals surface area contributed by atoms with Gasteiger partial charge in [0.25, 0.3) is 5.91 Å². The number of nitrogens with one attached hydrogen (secondary N) is 1. The fourth-order valence-corrected chi connectivity index (χ4v) is 2.44. The molecule has 3 N–H and O–H groups in total. The lowest BCUT2D eigenvalue weighted by Crippen LogP contribution is -2.39. The van der Waals surface area contributed by atoms with Crippen LogP contribution in [0.4, 0.5) is 0 Å². The molecule has 0 aliphatic heterocycles. The van der Waals surface area contributed by atoms with E-state index in [1.54, 1.807) is 43.6 Å². The van der Waals surface area contributed by atoms with Crippen molar-refractivity contribution in [2.75, 3.05) is 7.05 Å². The number of hydrogen-bond donors (Lipinski definition) is 2. The van der Waals surface area contributed by atoms with E-state index < -0.39 is 11.9 Å². The van der Waals surface area contributed by atoms with Crippen molar-refractivity contribution >= 4 is 27.7 Å². The highest BCUT2D eigenvalue weighted by molar-refractivity contribution is 9.10. The van der Waals surface area contributed by atoms with Gasteiger partial charge in [-0.1, -0.05) is 28.1 Å². The number of aromatic nitrogens is 1. The van der Waals surface area contributed by atoms with Crippen LogP contribution in [0.15, 0.2) is 47.1 Å². The number of hydrogen-bond acceptors (Lipinski definition) is 2. The second-order valence-corrected chi connectivity index (χ2v) is 5.28. The molecule has 0 spiro atoms. The maximum absolute atomic E-state index is 12.3. The van der Waals surface area contributed by atoms with Gasteiger partial charge in [0.05, 0.1) is 0 Å². The standard InChI is InChI=1S/C14H14BrN3O2/c1-18(14(20)11-6-3-7-17-11)12(13(16)19)9-4-2-5-10(15)8-9/h2-8,12,17H,1H3,(H2,16,19)/t12-/m0/s1. The van der Waals surface area contributed by atoms with E-state index in [-0.39, 0.29) is 5.91 Å². The molecular weight excluding hydrogens is 322 g/mol. The number of carbonyl (C=O) groups excluding carboxylic acids is 2. The van der Waals surface area contributed by atoms with Crippen molar-refractivity contribution in [3.63, 3.8) is 0 Å². The third kappa shape index (κ3) is 2.91. The molecule has 0 bridgehead atoms. The molecule has 104 valence electrons. The number of likely N-dealkylation sites (N-methyl/N-ethyl adjacent to an activating group) is 1. The van der Waals surface area contributed by atoms with Gasteiger partial charge in [-0.25, -0.2) is 0 Å². The van der Waals surface area contributed by atoms with Crippen molar-refractivity contribution in [2.45, 2.75) is 6.04 Å². The van der Waals surface area contributed by atoms with E-state index in [1.165, 1.54) is 4.90 Å². The molecule has 5 nitrogen and oxygen atoms in total. The van der Waals surface area contributed by atoms with Gasteiger partial charge in [-0.2, -0.15) is 0 Å². The second kappa shape index (κ2) is 5.92. The summed E-state index contributed by atoms with van der Waals surface area (Å²) in [6.07, 6.45) is 1.65. The van der Waals surface area contributed by atoms with Crippen LogP contribution in [0.2, 0.25) is 0 Å². The van der Waals surface area contributed by atoms with Gasteiger partial charge >= 0.3 is 0 Å². The summed E-state index contributed by atoms with van der Waals surface area (Å²) in [5.74, 6) is -0.871. The molecule has 1 aromatic carbocycles. The number of nitrogens with zero attached hydrogens (tertiary/aromatic N) is 1. The molecule has 0 radical (unpaired) electrons. The number of amides is 2. The summed E-state index contributed by atoms with van der Waals surface area (Å²) in [4.78, 5) is 28.2. The van der Waals surface area contributed by atoms with Crippen molar-refractivity contribution in [2.24, 2.45) is 5.73 Å². The maximum atomic E-state index is 12.3. The maximum Gasteiger partial charge on any atom is 0.270 e. The zero-order valence-electron chi connectivity index (χ0n) is 10.8. The molecule has 2 amide bonds. The summed E-state index contributed by atoms with van der Waals surface area (Å²) in [5.41, 5.74) is 6.52. The van der Waals surface area contributed by atoms with Crippen molar-refractivity contribution in [1.29, 1.82) is 0 Å². The van der Waals surface area contributed by atoms with Gasteiger partial charge < -0.3 is 15.6 Å². The molecule has 0 saturated carbocycles. The van der Waals surface area contributed by atoms with Gasteiger partial charge in [0, 0.05) is 17.7 Å². The van der Waals surface area contributed by atoms with E-state index in [0.29, 0.717) is 11.3 Å². The van der Waals surface area contributed by atoms with Gasteiger partial charge in [-0.3, -0.25) is 9.59 Å². The molecule has 6 heteroatoms. The second-order valence-electron chi connectivity index (χ2n) is 4.36. The van der Waals surface area contributed by atoms with Crippen molar-refractivity contribution < 1.29 is 9.59 Å². The fraction of sp³-hybridized carbons (Fsp3) is 0.143. The van der Waals surface area contributed by atoms with E-state index >= 15 is 0 Å². The molecule has 1 atom stereocenters. The summed E-state index contributed by atoms with van der Waals surface area (Å²) in [6, 6.07) is 9.73. The van der Waals surface area contributed by atoms with E-state index in [0.717, 1.165) is 4.47 Å². The highest BCUT2D eigenvalue weighted by Crippen LogP contribution is 2.23. The number of primary amides is 1. The molecule has 20 heavy (non-hydrogen) atoms. The topological polar surface area (TPSA) is 79.2 Å². The van der Waals surface area contributed by atoms with Crippen LogP contribution in [0.1, 0.15) is 22.1 Å². The largest absolute Gasteiger partial charge is 0.368 e. The number of H-pyrrole nitrogens is 1. The Labute approximate surface area is 124 Å². The van der Waals surface area contributed by atoms with E-state index in [2.05, 4.69) is 20.9 Å². The summed E-state index contributed by atoms with van der Waals surface area (Å²) < 4.78 is 0.821. The fourth-order valence-electron chi connectivity index (χ4n) is 2.03. The Morgan fingerprint density at radius 1 is 1.30 bits per heavy atom. The molecule has 0 aliphatic rings. The summed E-state index contributed by atoms with van der Waals surface area (Å²) in [7, 11) is 1.56. The molecule has 1 heterocycles. The highest BCUT2D eigenvalue weighted by atomic mass is 79.9. The Kier molecular flexibility index (Phi) is 4.24. The number of aromatic amines is 1. The number of rotatable bonds is 4. The van der Waals surface area contributed by atoms with Crippen molar-refractivity contribution in [3.05, 3.63) is 58.3 Å². The third-order valence-electron chi connectivity index (χ3n) is 2.97. The first kappa shape index (κ1) is 14.3. The predicted molar refractivity (Wildman–Crippen MR) is 79.0 cm³/mol. The normalized spacial score (nSPS) is 11.9. The molecule has 0 saturated heterocycles. The lowest BCUT2D eigenvalue weighted by molar-refractivity contribution is -0.122. The quantitative estimate of drug-likeness (QED) is 0.896. The van der Waals surface area contributed by atoms with Crippen LogP contribution in [0, 0.1) is 0 Å². The third-order valence-corrected chi connectivity index (χ3v) is 3.46. The van der Waals surface area contributed by atoms with Gasteiger partial charge in [-0.05, 0) is 29.8 Å². The zero-order valence-corrected chi connectivity index (χ0v) is 12.4. The van der Waals surface area contributed by atoms with Crippen molar-refractivity contribution in [1.82, 2.24) is 9.88 Å². The minimum atomic E-state index is -0.816. The first-order valence-corrected chi connectivity index (χ1v) is 6.75. The number of carbonyl (C=O) groups is 2. The SMILES string of the molecule is CN(C(=O)c1ccc[nH]1)[C@H](C(N)=O)c1cccc(Br)c1. The summed E-state index contributed by atoms with van der Waals surface area (Å²) >= 11 is 3.34. The summed E-state index contributed by atoms with van der Waals surface area (Å²) in [6.45, 7) is 0. The molecule has 1 aromatic heterocycles. The average molecular weight is 336 g/mol. The van der Waals surface area contributed by atoms with Crippen LogP contribution in [-0.4, -0.2) is 28.7 Å². The van der Waals surface area contributed by atoms with Crippen LogP contribution in [-0.2, 0) is 4.79 Å². The van der Waals surface area contributed by atoms with E-state index in [1.807, 2.05) is 6.07 Å². The molecular formula is C14H14BrN3O2. The Hall–Kier alpha value is -2.08. The van der Waals surface area contributed by atoms with Crippen molar-refractivity contribution in [3.8, 4) is 0 Å². The minimum absolute atomic E-state index is 0.293. The van der Waals surface area contributed by atoms with Crippen LogP contribution in [0.3, 0.4) is 0 Å². The molecule has 0 unspecified atom stereocenters. The predicted octanol–water partition coefficient (Wildman–Crippen LogP) is 2.08. The number of benzene rings is 1. The first-order chi connectivity index (χ1) is 9.50. The minimum Gasteiger partial charge on any atom is -0.368 e. The summed E-state index contributed by atoms with van der Waals surface area (Å²) in [5, 5.41) is 0. The smallest absolute Gasteiger partial charge is 0.270 e. The molecule has 2 aromatic rings. The Balaban J connectivity index is 2.34.